The summed E-state index contributed by atoms with van der Waals surface area (Å²) in [5.41, 5.74) is 0.671. The van der Waals surface area contributed by atoms with Crippen LogP contribution in [0.5, 0.6) is 0 Å². The topological polar surface area (TPSA) is 100 Å². The lowest BCUT2D eigenvalue weighted by molar-refractivity contribution is -0.133. The molecule has 33 heavy (non-hydrogen) atoms. The number of hydroxylamine groups is 1. The van der Waals surface area contributed by atoms with Crippen molar-refractivity contribution < 1.29 is 27.6 Å². The standard InChI is InChI=1S/C21H20F3IN4O4/c22-15-10-13(25)4-5-16(15)27-20-14(21(31)28-33-8-6-26-32)9-12(18(23)19(20)24)11-29-7-2-1-3-17(29)30/h4-5,9-10,27H,1-3,6-8,11H2,(H,28,31). The molecule has 1 heterocycles. The van der Waals surface area contributed by atoms with Gasteiger partial charge in [-0.2, -0.15) is 4.91 Å². The van der Waals surface area contributed by atoms with Crippen molar-refractivity contribution in [1.82, 2.24) is 10.4 Å². The smallest absolute Gasteiger partial charge is 0.277 e. The Labute approximate surface area is 200 Å². The number of likely N-dealkylation sites (tertiary alicyclic amines) is 1. The monoisotopic (exact) mass is 576 g/mol. The molecule has 176 valence electrons. The van der Waals surface area contributed by atoms with Crippen LogP contribution in [0, 0.1) is 25.9 Å². The fourth-order valence-corrected chi connectivity index (χ4v) is 3.76. The average molecular weight is 576 g/mol. The fraction of sp³-hybridized carbons (Fsp3) is 0.333. The molecule has 0 spiro atoms. The summed E-state index contributed by atoms with van der Waals surface area (Å²) in [5, 5.41) is 5.02. The number of nitrogens with one attached hydrogen (secondary N) is 2. The maximum atomic E-state index is 15.1. The number of halogens is 4. The molecule has 0 aliphatic carbocycles. The first-order chi connectivity index (χ1) is 15.8. The Balaban J connectivity index is 1.98. The molecule has 8 nitrogen and oxygen atoms in total. The van der Waals surface area contributed by atoms with Crippen LogP contribution in [0.15, 0.2) is 29.4 Å². The second kappa shape index (κ2) is 11.4. The van der Waals surface area contributed by atoms with Gasteiger partial charge in [-0.15, -0.1) is 0 Å². The predicted octanol–water partition coefficient (Wildman–Crippen LogP) is 4.39. The van der Waals surface area contributed by atoms with Crippen LogP contribution in [0.25, 0.3) is 0 Å². The van der Waals surface area contributed by atoms with Crippen LogP contribution < -0.4 is 10.8 Å². The largest absolute Gasteiger partial charge is 0.350 e. The number of rotatable bonds is 9. The molecule has 0 unspecified atom stereocenters. The molecule has 0 radical (unpaired) electrons. The maximum Gasteiger partial charge on any atom is 0.277 e. The Bertz CT molecular complexity index is 1070. The van der Waals surface area contributed by atoms with E-state index in [4.69, 9.17) is 4.84 Å². The summed E-state index contributed by atoms with van der Waals surface area (Å²) in [6.07, 6.45) is 1.76. The zero-order valence-electron chi connectivity index (χ0n) is 17.3. The van der Waals surface area contributed by atoms with Gasteiger partial charge in [-0.1, -0.05) is 5.18 Å². The second-order valence-corrected chi connectivity index (χ2v) is 8.49. The van der Waals surface area contributed by atoms with E-state index < -0.39 is 29.0 Å². The number of benzene rings is 2. The van der Waals surface area contributed by atoms with Crippen LogP contribution in [0.3, 0.4) is 0 Å². The van der Waals surface area contributed by atoms with Crippen molar-refractivity contribution in [2.24, 2.45) is 5.18 Å². The SMILES string of the molecule is O=NCCONC(=O)c1cc(CN2CCCCC2=O)c(F)c(F)c1Nc1ccc(I)cc1F. The van der Waals surface area contributed by atoms with Crippen LogP contribution in [-0.4, -0.2) is 36.4 Å². The quantitative estimate of drug-likeness (QED) is 0.200. The van der Waals surface area contributed by atoms with Crippen LogP contribution >= 0.6 is 22.6 Å². The molecule has 12 heteroatoms. The van der Waals surface area contributed by atoms with Crippen molar-refractivity contribution in [2.45, 2.75) is 25.8 Å². The van der Waals surface area contributed by atoms with Gasteiger partial charge in [-0.3, -0.25) is 14.4 Å². The van der Waals surface area contributed by atoms with Crippen molar-refractivity contribution >= 4 is 45.8 Å². The number of hydrogen-bond acceptors (Lipinski definition) is 6. The summed E-state index contributed by atoms with van der Waals surface area (Å²) in [6.45, 7) is -0.311. The van der Waals surface area contributed by atoms with Gasteiger partial charge in [0, 0.05) is 28.6 Å². The molecule has 1 aliphatic rings. The third-order valence-corrected chi connectivity index (χ3v) is 5.62. The third-order valence-electron chi connectivity index (χ3n) is 4.95. The molecule has 1 aliphatic heterocycles. The number of amides is 2. The lowest BCUT2D eigenvalue weighted by Crippen LogP contribution is -2.35. The van der Waals surface area contributed by atoms with Crippen LogP contribution in [0.2, 0.25) is 0 Å². The van der Waals surface area contributed by atoms with Gasteiger partial charge in [0.1, 0.15) is 12.4 Å². The summed E-state index contributed by atoms with van der Waals surface area (Å²) in [5.74, 6) is -4.55. The Morgan fingerprint density at radius 3 is 2.67 bits per heavy atom. The van der Waals surface area contributed by atoms with E-state index in [0.717, 1.165) is 18.9 Å². The summed E-state index contributed by atoms with van der Waals surface area (Å²) in [7, 11) is 0. The van der Waals surface area contributed by atoms with Crippen LogP contribution in [0.4, 0.5) is 24.5 Å². The first-order valence-corrected chi connectivity index (χ1v) is 11.1. The number of piperidine rings is 1. The summed E-state index contributed by atoms with van der Waals surface area (Å²) in [4.78, 5) is 41.2. The molecule has 1 saturated heterocycles. The van der Waals surface area contributed by atoms with Gasteiger partial charge in [0.05, 0.1) is 23.5 Å². The van der Waals surface area contributed by atoms with Crippen molar-refractivity contribution in [2.75, 3.05) is 25.0 Å². The van der Waals surface area contributed by atoms with Crippen molar-refractivity contribution in [3.05, 3.63) is 61.3 Å². The Morgan fingerprint density at radius 2 is 1.97 bits per heavy atom. The highest BCUT2D eigenvalue weighted by Crippen LogP contribution is 2.31. The number of carbonyl (C=O) groups is 2. The molecule has 0 bridgehead atoms. The number of carbonyl (C=O) groups excluding carboxylic acids is 2. The van der Waals surface area contributed by atoms with Crippen molar-refractivity contribution in [1.29, 1.82) is 0 Å². The highest BCUT2D eigenvalue weighted by atomic mass is 127. The minimum atomic E-state index is -1.41. The van der Waals surface area contributed by atoms with E-state index in [2.05, 4.69) is 10.5 Å². The van der Waals surface area contributed by atoms with E-state index >= 15 is 4.39 Å². The molecule has 3 rings (SSSR count). The Morgan fingerprint density at radius 1 is 1.18 bits per heavy atom. The molecule has 0 saturated carbocycles. The van der Waals surface area contributed by atoms with Gasteiger partial charge in [-0.25, -0.2) is 18.7 Å². The molecule has 2 amide bonds. The van der Waals surface area contributed by atoms with E-state index in [9.17, 15) is 23.3 Å². The lowest BCUT2D eigenvalue weighted by Gasteiger charge is -2.27. The zero-order valence-corrected chi connectivity index (χ0v) is 19.5. The lowest BCUT2D eigenvalue weighted by atomic mass is 10.0. The minimum Gasteiger partial charge on any atom is -0.350 e. The van der Waals surface area contributed by atoms with E-state index in [-0.39, 0.29) is 42.4 Å². The van der Waals surface area contributed by atoms with Gasteiger partial charge < -0.3 is 10.2 Å². The van der Waals surface area contributed by atoms with Gasteiger partial charge in [0.25, 0.3) is 5.91 Å². The average Bonchev–Trinajstić information content (AvgIpc) is 2.79. The van der Waals surface area contributed by atoms with Gasteiger partial charge in [-0.05, 0) is 59.7 Å². The van der Waals surface area contributed by atoms with Crippen LogP contribution in [-0.2, 0) is 16.2 Å². The first-order valence-electron chi connectivity index (χ1n) is 10.0. The van der Waals surface area contributed by atoms with E-state index in [1.807, 2.05) is 28.1 Å². The molecule has 2 aromatic carbocycles. The Kier molecular flexibility index (Phi) is 8.61. The van der Waals surface area contributed by atoms with Crippen molar-refractivity contribution in [3.63, 3.8) is 0 Å². The van der Waals surface area contributed by atoms with Gasteiger partial charge >= 0.3 is 0 Å². The highest BCUT2D eigenvalue weighted by Gasteiger charge is 2.26. The number of nitrogens with zero attached hydrogens (tertiary/aromatic N) is 2. The predicted molar refractivity (Wildman–Crippen MR) is 122 cm³/mol. The molecule has 2 N–H and O–H groups in total. The fourth-order valence-electron chi connectivity index (χ4n) is 3.31. The molecule has 0 atom stereocenters. The van der Waals surface area contributed by atoms with Gasteiger partial charge in [0.2, 0.25) is 5.91 Å². The zero-order chi connectivity index (χ0) is 24.0. The van der Waals surface area contributed by atoms with E-state index in [1.54, 1.807) is 6.07 Å². The highest BCUT2D eigenvalue weighted by molar-refractivity contribution is 14.1. The van der Waals surface area contributed by atoms with Crippen molar-refractivity contribution in [3.8, 4) is 0 Å². The van der Waals surface area contributed by atoms with Gasteiger partial charge in [0.15, 0.2) is 11.6 Å². The maximum absolute atomic E-state index is 15.1. The number of hydrogen-bond donors (Lipinski definition) is 2. The number of anilines is 2. The Hall–Kier alpha value is -2.74. The summed E-state index contributed by atoms with van der Waals surface area (Å²) < 4.78 is 45.0. The molecule has 1 fully saturated rings. The first kappa shape index (κ1) is 24.9. The molecular weight excluding hydrogens is 556 g/mol. The second-order valence-electron chi connectivity index (χ2n) is 7.24. The molecule has 0 aromatic heterocycles. The van der Waals surface area contributed by atoms with Crippen LogP contribution in [0.1, 0.15) is 35.2 Å². The van der Waals surface area contributed by atoms with E-state index in [0.29, 0.717) is 16.5 Å². The normalized spacial score (nSPS) is 13.7. The third kappa shape index (κ3) is 6.19. The summed E-state index contributed by atoms with van der Waals surface area (Å²) in [6, 6.07) is 5.14. The number of nitroso groups, excluding NO2 is 1. The summed E-state index contributed by atoms with van der Waals surface area (Å²) >= 11 is 1.89. The molecule has 2 aromatic rings. The van der Waals surface area contributed by atoms with E-state index in [1.165, 1.54) is 17.0 Å². The minimum absolute atomic E-state index is 0.173. The molecular formula is C21H20F3IN4O4.